The van der Waals surface area contributed by atoms with Crippen molar-refractivity contribution in [2.24, 2.45) is 7.05 Å². The van der Waals surface area contributed by atoms with Crippen molar-refractivity contribution in [3.05, 3.63) is 73.4 Å². The normalized spacial score (nSPS) is 17.6. The number of benzene rings is 1. The predicted molar refractivity (Wildman–Crippen MR) is 131 cm³/mol. The van der Waals surface area contributed by atoms with Gasteiger partial charge in [0.1, 0.15) is 5.52 Å². The second kappa shape index (κ2) is 8.39. The number of hydrogen-bond acceptors (Lipinski definition) is 6. The van der Waals surface area contributed by atoms with Crippen LogP contribution in [0.2, 0.25) is 0 Å². The van der Waals surface area contributed by atoms with E-state index in [4.69, 9.17) is 14.8 Å². The lowest BCUT2D eigenvalue weighted by Gasteiger charge is -2.35. The van der Waals surface area contributed by atoms with Gasteiger partial charge in [0, 0.05) is 67.9 Å². The van der Waals surface area contributed by atoms with Crippen LogP contribution in [0.5, 0.6) is 0 Å². The van der Waals surface area contributed by atoms with Crippen molar-refractivity contribution in [2.75, 3.05) is 12.4 Å². The fourth-order valence-electron chi connectivity index (χ4n) is 4.57. The van der Waals surface area contributed by atoms with Crippen molar-refractivity contribution in [3.63, 3.8) is 0 Å². The maximum atomic E-state index is 5.50. The van der Waals surface area contributed by atoms with E-state index in [1.54, 1.807) is 19.5 Å². The highest BCUT2D eigenvalue weighted by Crippen LogP contribution is 2.40. The zero-order valence-corrected chi connectivity index (χ0v) is 19.1. The summed E-state index contributed by atoms with van der Waals surface area (Å²) in [5, 5.41) is 8.57. The highest BCUT2D eigenvalue weighted by Gasteiger charge is 2.31. The monoisotopic (exact) mass is 451 g/mol. The fraction of sp³-hybridized carbons (Fsp3) is 0.231. The fourth-order valence-corrected chi connectivity index (χ4v) is 4.57. The molecule has 5 aromatic rings. The van der Waals surface area contributed by atoms with Crippen LogP contribution < -0.4 is 5.32 Å². The molecule has 0 radical (unpaired) electrons. The molecular formula is C26H25N7O. The SMILES string of the molecule is COC1CC(Nc2nc(-c3nccn3C)nn3cc(-c4cccnc4)c(-c4ccccc4)c23)C1. The minimum Gasteiger partial charge on any atom is -0.381 e. The lowest BCUT2D eigenvalue weighted by atomic mass is 9.89. The molecule has 0 amide bonds. The highest BCUT2D eigenvalue weighted by molar-refractivity contribution is 5.99. The smallest absolute Gasteiger partial charge is 0.218 e. The number of nitrogens with one attached hydrogen (secondary N) is 1. The molecule has 170 valence electrons. The largest absolute Gasteiger partial charge is 0.381 e. The lowest BCUT2D eigenvalue weighted by molar-refractivity contribution is 0.0328. The molecule has 8 heteroatoms. The number of aromatic nitrogens is 6. The summed E-state index contributed by atoms with van der Waals surface area (Å²) in [4.78, 5) is 13.8. The van der Waals surface area contributed by atoms with Gasteiger partial charge in [0.2, 0.25) is 5.82 Å². The minimum absolute atomic E-state index is 0.288. The minimum atomic E-state index is 0.288. The maximum absolute atomic E-state index is 5.50. The standard InChI is InChI=1S/C26H25N7O/c1-32-12-11-28-26(32)25-30-24(29-19-13-20(14-19)34-2)23-22(17-7-4-3-5-8-17)21(16-33(23)31-25)18-9-6-10-27-15-18/h3-12,15-16,19-20H,13-14H2,1-2H3,(H,29,30,31). The van der Waals surface area contributed by atoms with E-state index in [-0.39, 0.29) is 6.10 Å². The Labute approximate surface area is 197 Å². The average Bonchev–Trinajstić information content (AvgIpc) is 3.45. The van der Waals surface area contributed by atoms with Gasteiger partial charge in [0.05, 0.1) is 6.10 Å². The van der Waals surface area contributed by atoms with Gasteiger partial charge in [-0.1, -0.05) is 36.4 Å². The summed E-state index contributed by atoms with van der Waals surface area (Å²) in [6.45, 7) is 0. The Balaban J connectivity index is 1.60. The first-order valence-electron chi connectivity index (χ1n) is 11.4. The van der Waals surface area contributed by atoms with Crippen LogP contribution in [0, 0.1) is 0 Å². The number of rotatable bonds is 6. The van der Waals surface area contributed by atoms with Gasteiger partial charge in [0.25, 0.3) is 0 Å². The molecule has 1 aliphatic carbocycles. The van der Waals surface area contributed by atoms with Gasteiger partial charge in [-0.05, 0) is 24.5 Å². The third kappa shape index (κ3) is 3.52. The third-order valence-corrected chi connectivity index (χ3v) is 6.46. The van der Waals surface area contributed by atoms with E-state index in [9.17, 15) is 0 Å². The molecule has 0 spiro atoms. The summed E-state index contributed by atoms with van der Waals surface area (Å²) in [5.41, 5.74) is 5.19. The Hall–Kier alpha value is -4.04. The van der Waals surface area contributed by atoms with Gasteiger partial charge >= 0.3 is 0 Å². The summed E-state index contributed by atoms with van der Waals surface area (Å²) in [7, 11) is 3.72. The van der Waals surface area contributed by atoms with E-state index in [1.165, 1.54) is 0 Å². The molecule has 6 rings (SSSR count). The Morgan fingerprint density at radius 2 is 1.85 bits per heavy atom. The number of imidazole rings is 1. The molecular weight excluding hydrogens is 426 g/mol. The summed E-state index contributed by atoms with van der Waals surface area (Å²) in [6, 6.07) is 14.7. The van der Waals surface area contributed by atoms with Crippen molar-refractivity contribution < 1.29 is 4.74 Å². The topological polar surface area (TPSA) is 82.2 Å². The number of hydrogen-bond donors (Lipinski definition) is 1. The quantitative estimate of drug-likeness (QED) is 0.411. The van der Waals surface area contributed by atoms with E-state index in [0.29, 0.717) is 17.7 Å². The van der Waals surface area contributed by atoms with Crippen LogP contribution in [-0.4, -0.2) is 48.4 Å². The Bertz CT molecular complexity index is 1440. The van der Waals surface area contributed by atoms with Crippen LogP contribution in [-0.2, 0) is 11.8 Å². The van der Waals surface area contributed by atoms with Crippen LogP contribution in [0.25, 0.3) is 39.4 Å². The van der Waals surface area contributed by atoms with Crippen LogP contribution in [0.4, 0.5) is 5.82 Å². The number of nitrogens with zero attached hydrogens (tertiary/aromatic N) is 6. The summed E-state index contributed by atoms with van der Waals surface area (Å²) >= 11 is 0. The Morgan fingerprint density at radius 1 is 1.03 bits per heavy atom. The van der Waals surface area contributed by atoms with Crippen molar-refractivity contribution in [1.82, 2.24) is 29.1 Å². The Kier molecular flexibility index (Phi) is 5.07. The molecule has 4 aromatic heterocycles. The second-order valence-electron chi connectivity index (χ2n) is 8.63. The van der Waals surface area contributed by atoms with E-state index in [1.807, 2.05) is 40.7 Å². The summed E-state index contributed by atoms with van der Waals surface area (Å²) in [5.74, 6) is 2.07. The van der Waals surface area contributed by atoms with Crippen LogP contribution in [0.3, 0.4) is 0 Å². The van der Waals surface area contributed by atoms with Gasteiger partial charge in [-0.25, -0.2) is 14.5 Å². The van der Waals surface area contributed by atoms with Gasteiger partial charge < -0.3 is 14.6 Å². The zero-order valence-electron chi connectivity index (χ0n) is 19.1. The molecule has 1 aromatic carbocycles. The molecule has 0 bridgehead atoms. The van der Waals surface area contributed by atoms with E-state index in [2.05, 4.69) is 51.8 Å². The zero-order chi connectivity index (χ0) is 23.1. The van der Waals surface area contributed by atoms with E-state index in [0.717, 1.165) is 46.4 Å². The average molecular weight is 452 g/mol. The van der Waals surface area contributed by atoms with Crippen LogP contribution in [0.1, 0.15) is 12.8 Å². The van der Waals surface area contributed by atoms with Gasteiger partial charge in [-0.3, -0.25) is 4.98 Å². The molecule has 34 heavy (non-hydrogen) atoms. The Morgan fingerprint density at radius 3 is 2.56 bits per heavy atom. The molecule has 1 saturated carbocycles. The molecule has 1 fully saturated rings. The highest BCUT2D eigenvalue weighted by atomic mass is 16.5. The molecule has 4 heterocycles. The first-order valence-corrected chi connectivity index (χ1v) is 11.4. The first kappa shape index (κ1) is 20.6. The van der Waals surface area contributed by atoms with Gasteiger partial charge in [-0.15, -0.1) is 5.10 Å². The molecule has 8 nitrogen and oxygen atoms in total. The molecule has 1 aliphatic rings. The first-order chi connectivity index (χ1) is 16.7. The molecule has 0 saturated heterocycles. The number of anilines is 1. The molecule has 0 atom stereocenters. The molecule has 1 N–H and O–H groups in total. The summed E-state index contributed by atoms with van der Waals surface area (Å²) < 4.78 is 9.35. The van der Waals surface area contributed by atoms with Crippen molar-refractivity contribution in [3.8, 4) is 33.9 Å². The van der Waals surface area contributed by atoms with E-state index < -0.39 is 0 Å². The lowest BCUT2D eigenvalue weighted by Crippen LogP contribution is -2.40. The van der Waals surface area contributed by atoms with Crippen molar-refractivity contribution >= 4 is 11.3 Å². The number of ether oxygens (including phenoxy) is 1. The number of aryl methyl sites for hydroxylation is 1. The van der Waals surface area contributed by atoms with Crippen molar-refractivity contribution in [2.45, 2.75) is 25.0 Å². The second-order valence-corrected chi connectivity index (χ2v) is 8.63. The van der Waals surface area contributed by atoms with Gasteiger partial charge in [0.15, 0.2) is 11.6 Å². The molecule has 0 unspecified atom stereocenters. The van der Waals surface area contributed by atoms with Crippen LogP contribution in [0.15, 0.2) is 73.4 Å². The van der Waals surface area contributed by atoms with Crippen LogP contribution >= 0.6 is 0 Å². The third-order valence-electron chi connectivity index (χ3n) is 6.46. The number of fused-ring (bicyclic) bond motifs is 1. The van der Waals surface area contributed by atoms with Crippen molar-refractivity contribution in [1.29, 1.82) is 0 Å². The molecule has 0 aliphatic heterocycles. The number of pyridine rings is 1. The summed E-state index contributed by atoms with van der Waals surface area (Å²) in [6.07, 6.45) is 11.6. The predicted octanol–water partition coefficient (Wildman–Crippen LogP) is 4.45. The van der Waals surface area contributed by atoms with E-state index >= 15 is 0 Å². The number of methoxy groups -OCH3 is 1. The maximum Gasteiger partial charge on any atom is 0.218 e. The van der Waals surface area contributed by atoms with Gasteiger partial charge in [-0.2, -0.15) is 0 Å².